The fraction of sp³-hybridized carbons (Fsp3) is 0.500. The minimum Gasteiger partial charge on any atom is -0.459 e. The predicted molar refractivity (Wildman–Crippen MR) is 70.1 cm³/mol. The van der Waals surface area contributed by atoms with Crippen molar-refractivity contribution in [2.45, 2.75) is 46.1 Å². The van der Waals surface area contributed by atoms with Gasteiger partial charge in [0.15, 0.2) is 0 Å². The van der Waals surface area contributed by atoms with E-state index in [-0.39, 0.29) is 12.1 Å². The SMILES string of the molecule is CCC(C)c1ccc(N)c(C(=O)OC(C)C)c1. The molecule has 0 saturated carbocycles. The predicted octanol–water partition coefficient (Wildman–Crippen LogP) is 3.35. The van der Waals surface area contributed by atoms with Crippen LogP contribution >= 0.6 is 0 Å². The Morgan fingerprint density at radius 3 is 2.53 bits per heavy atom. The topological polar surface area (TPSA) is 52.3 Å². The molecule has 94 valence electrons. The minimum atomic E-state index is -0.345. The zero-order valence-electron chi connectivity index (χ0n) is 11.0. The van der Waals surface area contributed by atoms with E-state index in [1.165, 1.54) is 0 Å². The Morgan fingerprint density at radius 1 is 1.35 bits per heavy atom. The molecule has 1 atom stereocenters. The molecule has 3 heteroatoms. The van der Waals surface area contributed by atoms with Gasteiger partial charge in [-0.2, -0.15) is 0 Å². The van der Waals surface area contributed by atoms with Crippen LogP contribution in [0.1, 0.15) is 56.0 Å². The number of anilines is 1. The fourth-order valence-corrected chi connectivity index (χ4v) is 1.57. The zero-order chi connectivity index (χ0) is 13.0. The van der Waals surface area contributed by atoms with Gasteiger partial charge in [-0.1, -0.05) is 19.9 Å². The van der Waals surface area contributed by atoms with Crippen molar-refractivity contribution in [3.8, 4) is 0 Å². The molecule has 1 aromatic rings. The van der Waals surface area contributed by atoms with Gasteiger partial charge in [0, 0.05) is 5.69 Å². The van der Waals surface area contributed by atoms with Crippen molar-refractivity contribution in [3.05, 3.63) is 29.3 Å². The molecule has 3 nitrogen and oxygen atoms in total. The summed E-state index contributed by atoms with van der Waals surface area (Å²) in [5.74, 6) is 0.0730. The van der Waals surface area contributed by atoms with Crippen LogP contribution in [0.15, 0.2) is 18.2 Å². The first-order valence-corrected chi connectivity index (χ1v) is 6.06. The maximum absolute atomic E-state index is 11.8. The summed E-state index contributed by atoms with van der Waals surface area (Å²) in [6, 6.07) is 5.59. The molecule has 0 aromatic heterocycles. The number of nitrogen functional groups attached to an aromatic ring is 1. The van der Waals surface area contributed by atoms with E-state index >= 15 is 0 Å². The summed E-state index contributed by atoms with van der Waals surface area (Å²) < 4.78 is 5.17. The Morgan fingerprint density at radius 2 is 2.00 bits per heavy atom. The third kappa shape index (κ3) is 3.48. The lowest BCUT2D eigenvalue weighted by Crippen LogP contribution is -2.14. The molecule has 17 heavy (non-hydrogen) atoms. The Bertz CT molecular complexity index is 399. The number of nitrogens with two attached hydrogens (primary N) is 1. The number of rotatable bonds is 4. The molecule has 0 aliphatic rings. The summed E-state index contributed by atoms with van der Waals surface area (Å²) in [6.07, 6.45) is 0.900. The standard InChI is InChI=1S/C14H21NO2/c1-5-10(4)11-6-7-13(15)12(8-11)14(16)17-9(2)3/h6-10H,5,15H2,1-4H3. The number of ether oxygens (including phenoxy) is 1. The lowest BCUT2D eigenvalue weighted by molar-refractivity contribution is 0.0379. The molecular weight excluding hydrogens is 214 g/mol. The molecule has 0 heterocycles. The van der Waals surface area contributed by atoms with Gasteiger partial charge in [-0.15, -0.1) is 0 Å². The largest absolute Gasteiger partial charge is 0.459 e. The second-order valence-electron chi connectivity index (χ2n) is 4.61. The van der Waals surface area contributed by atoms with Crippen LogP contribution in [0.4, 0.5) is 5.69 Å². The van der Waals surface area contributed by atoms with Crippen LogP contribution in [-0.2, 0) is 4.74 Å². The average molecular weight is 235 g/mol. The molecule has 0 fully saturated rings. The normalized spacial score (nSPS) is 12.5. The molecule has 1 aromatic carbocycles. The number of carbonyl (C=O) groups is 1. The summed E-state index contributed by atoms with van der Waals surface area (Å²) in [7, 11) is 0. The van der Waals surface area contributed by atoms with Crippen LogP contribution < -0.4 is 5.73 Å². The molecule has 0 radical (unpaired) electrons. The van der Waals surface area contributed by atoms with E-state index in [4.69, 9.17) is 10.5 Å². The Balaban J connectivity index is 3.02. The van der Waals surface area contributed by atoms with Crippen molar-refractivity contribution >= 4 is 11.7 Å². The number of hydrogen-bond acceptors (Lipinski definition) is 3. The van der Waals surface area contributed by atoms with Gasteiger partial charge in [0.1, 0.15) is 0 Å². The van der Waals surface area contributed by atoms with E-state index in [9.17, 15) is 4.79 Å². The molecule has 1 rings (SSSR count). The maximum atomic E-state index is 11.8. The monoisotopic (exact) mass is 235 g/mol. The summed E-state index contributed by atoms with van der Waals surface area (Å²) in [6.45, 7) is 7.90. The summed E-state index contributed by atoms with van der Waals surface area (Å²) in [5, 5.41) is 0. The smallest absolute Gasteiger partial charge is 0.340 e. The number of carbonyl (C=O) groups excluding carboxylic acids is 1. The van der Waals surface area contributed by atoms with Crippen LogP contribution in [0, 0.1) is 0 Å². The average Bonchev–Trinajstić information content (AvgIpc) is 2.27. The third-order valence-electron chi connectivity index (χ3n) is 2.82. The lowest BCUT2D eigenvalue weighted by Gasteiger charge is -2.13. The molecule has 0 aliphatic carbocycles. The van der Waals surface area contributed by atoms with Crippen molar-refractivity contribution in [1.82, 2.24) is 0 Å². The van der Waals surface area contributed by atoms with Gasteiger partial charge in [-0.05, 0) is 43.9 Å². The van der Waals surface area contributed by atoms with Gasteiger partial charge in [0.05, 0.1) is 11.7 Å². The highest BCUT2D eigenvalue weighted by molar-refractivity contribution is 5.95. The van der Waals surface area contributed by atoms with E-state index in [1.807, 2.05) is 26.0 Å². The maximum Gasteiger partial charge on any atom is 0.340 e. The fourth-order valence-electron chi connectivity index (χ4n) is 1.57. The van der Waals surface area contributed by atoms with Crippen molar-refractivity contribution in [2.75, 3.05) is 5.73 Å². The first-order chi connectivity index (χ1) is 7.95. The zero-order valence-corrected chi connectivity index (χ0v) is 11.0. The lowest BCUT2D eigenvalue weighted by atomic mass is 9.96. The molecule has 0 amide bonds. The quantitative estimate of drug-likeness (QED) is 0.643. The van der Waals surface area contributed by atoms with E-state index in [1.54, 1.807) is 6.07 Å². The number of esters is 1. The number of hydrogen-bond donors (Lipinski definition) is 1. The van der Waals surface area contributed by atoms with Crippen LogP contribution in [0.2, 0.25) is 0 Å². The molecule has 1 unspecified atom stereocenters. The highest BCUT2D eigenvalue weighted by Crippen LogP contribution is 2.23. The second kappa shape index (κ2) is 5.71. The molecule has 0 aliphatic heterocycles. The van der Waals surface area contributed by atoms with Crippen LogP contribution in [0.25, 0.3) is 0 Å². The van der Waals surface area contributed by atoms with Gasteiger partial charge in [0.25, 0.3) is 0 Å². The summed E-state index contributed by atoms with van der Waals surface area (Å²) in [5.41, 5.74) is 7.87. The Kier molecular flexibility index (Phi) is 4.55. The first kappa shape index (κ1) is 13.6. The van der Waals surface area contributed by atoms with Crippen LogP contribution in [0.5, 0.6) is 0 Å². The molecule has 0 spiro atoms. The van der Waals surface area contributed by atoms with Gasteiger partial charge in [0.2, 0.25) is 0 Å². The Hall–Kier alpha value is -1.51. The summed E-state index contributed by atoms with van der Waals surface area (Å²) in [4.78, 5) is 11.8. The van der Waals surface area contributed by atoms with E-state index < -0.39 is 0 Å². The van der Waals surface area contributed by atoms with E-state index in [2.05, 4.69) is 13.8 Å². The highest BCUT2D eigenvalue weighted by atomic mass is 16.5. The third-order valence-corrected chi connectivity index (χ3v) is 2.82. The Labute approximate surface area is 103 Å². The summed E-state index contributed by atoms with van der Waals surface area (Å²) >= 11 is 0. The van der Waals surface area contributed by atoms with Gasteiger partial charge in [-0.25, -0.2) is 4.79 Å². The highest BCUT2D eigenvalue weighted by Gasteiger charge is 2.15. The van der Waals surface area contributed by atoms with Crippen molar-refractivity contribution in [2.24, 2.45) is 0 Å². The van der Waals surface area contributed by atoms with Gasteiger partial charge < -0.3 is 10.5 Å². The van der Waals surface area contributed by atoms with Crippen molar-refractivity contribution in [1.29, 1.82) is 0 Å². The molecular formula is C14H21NO2. The molecule has 2 N–H and O–H groups in total. The number of benzene rings is 1. The molecule has 0 saturated heterocycles. The van der Waals surface area contributed by atoms with E-state index in [0.717, 1.165) is 12.0 Å². The van der Waals surface area contributed by atoms with Gasteiger partial charge in [-0.3, -0.25) is 0 Å². The van der Waals surface area contributed by atoms with E-state index in [0.29, 0.717) is 17.2 Å². The van der Waals surface area contributed by atoms with Crippen molar-refractivity contribution < 1.29 is 9.53 Å². The van der Waals surface area contributed by atoms with Crippen LogP contribution in [-0.4, -0.2) is 12.1 Å². The first-order valence-electron chi connectivity index (χ1n) is 6.06. The van der Waals surface area contributed by atoms with Crippen molar-refractivity contribution in [3.63, 3.8) is 0 Å². The minimum absolute atomic E-state index is 0.130. The van der Waals surface area contributed by atoms with Crippen LogP contribution in [0.3, 0.4) is 0 Å². The van der Waals surface area contributed by atoms with Gasteiger partial charge >= 0.3 is 5.97 Å². The second-order valence-corrected chi connectivity index (χ2v) is 4.61. The molecule has 0 bridgehead atoms.